The fraction of sp³-hybridized carbons (Fsp3) is 0.600. The number of aryl methyl sites for hydroxylation is 1. The molecule has 0 atom stereocenters. The van der Waals surface area contributed by atoms with Gasteiger partial charge in [-0.3, -0.25) is 9.36 Å². The predicted molar refractivity (Wildman–Crippen MR) is 55.5 cm³/mol. The molecule has 1 aromatic rings. The topological polar surface area (TPSA) is 44.0 Å². The van der Waals surface area contributed by atoms with Gasteiger partial charge in [-0.25, -0.2) is 4.79 Å². The molecule has 78 valence electrons. The van der Waals surface area contributed by atoms with Crippen LogP contribution in [-0.2, 0) is 13.6 Å². The molecule has 0 aliphatic rings. The molecule has 0 N–H and O–H groups in total. The molecule has 4 heteroatoms. The lowest BCUT2D eigenvalue weighted by atomic mass is 10.2. The molecule has 0 amide bonds. The van der Waals surface area contributed by atoms with E-state index in [4.69, 9.17) is 0 Å². The molecule has 0 spiro atoms. The molecule has 0 aliphatic heterocycles. The van der Waals surface area contributed by atoms with Crippen LogP contribution in [0.15, 0.2) is 15.7 Å². The van der Waals surface area contributed by atoms with Crippen molar-refractivity contribution in [2.45, 2.75) is 27.3 Å². The number of hydrogen-bond donors (Lipinski definition) is 0. The van der Waals surface area contributed by atoms with Crippen LogP contribution in [0.1, 0.15) is 19.5 Å². The van der Waals surface area contributed by atoms with Gasteiger partial charge in [-0.1, -0.05) is 13.8 Å². The Morgan fingerprint density at radius 1 is 1.36 bits per heavy atom. The Morgan fingerprint density at radius 2 is 1.93 bits per heavy atom. The van der Waals surface area contributed by atoms with E-state index in [2.05, 4.69) is 0 Å². The van der Waals surface area contributed by atoms with E-state index in [0.29, 0.717) is 18.2 Å². The highest BCUT2D eigenvalue weighted by Crippen LogP contribution is 1.93. The fourth-order valence-corrected chi connectivity index (χ4v) is 1.31. The van der Waals surface area contributed by atoms with Gasteiger partial charge >= 0.3 is 5.69 Å². The highest BCUT2D eigenvalue weighted by atomic mass is 16.2. The third-order valence-electron chi connectivity index (χ3n) is 2.19. The SMILES string of the molecule is Cc1cc(=O)n(CC(C)C)c(=O)n1C. The highest BCUT2D eigenvalue weighted by molar-refractivity contribution is 4.99. The zero-order valence-electron chi connectivity index (χ0n) is 9.07. The first-order valence-corrected chi connectivity index (χ1v) is 4.71. The van der Waals surface area contributed by atoms with Crippen molar-refractivity contribution in [3.63, 3.8) is 0 Å². The highest BCUT2D eigenvalue weighted by Gasteiger charge is 2.06. The zero-order valence-corrected chi connectivity index (χ0v) is 9.07. The van der Waals surface area contributed by atoms with Crippen molar-refractivity contribution in [3.05, 3.63) is 32.6 Å². The Morgan fingerprint density at radius 3 is 2.43 bits per heavy atom. The third kappa shape index (κ3) is 1.95. The fourth-order valence-electron chi connectivity index (χ4n) is 1.31. The molecule has 1 rings (SSSR count). The lowest BCUT2D eigenvalue weighted by molar-refractivity contribution is 0.476. The van der Waals surface area contributed by atoms with Crippen LogP contribution in [-0.4, -0.2) is 9.13 Å². The summed E-state index contributed by atoms with van der Waals surface area (Å²) >= 11 is 0. The van der Waals surface area contributed by atoms with Gasteiger partial charge in [0.05, 0.1) is 0 Å². The lowest BCUT2D eigenvalue weighted by Gasteiger charge is -2.10. The maximum Gasteiger partial charge on any atom is 0.330 e. The average molecular weight is 196 g/mol. The summed E-state index contributed by atoms with van der Waals surface area (Å²) in [5.74, 6) is 0.295. The summed E-state index contributed by atoms with van der Waals surface area (Å²) in [5.41, 5.74) is 0.253. The average Bonchev–Trinajstić information content (AvgIpc) is 2.09. The van der Waals surface area contributed by atoms with Gasteiger partial charge in [-0.05, 0) is 12.8 Å². The molecule has 0 unspecified atom stereocenters. The Labute approximate surface area is 82.8 Å². The summed E-state index contributed by atoms with van der Waals surface area (Å²) in [6.07, 6.45) is 0. The molecule has 4 nitrogen and oxygen atoms in total. The molecule has 0 saturated heterocycles. The molecule has 1 heterocycles. The molecule has 0 bridgehead atoms. The first-order valence-electron chi connectivity index (χ1n) is 4.71. The van der Waals surface area contributed by atoms with Crippen LogP contribution < -0.4 is 11.2 Å². The van der Waals surface area contributed by atoms with Crippen LogP contribution in [0.3, 0.4) is 0 Å². The third-order valence-corrected chi connectivity index (χ3v) is 2.19. The van der Waals surface area contributed by atoms with Crippen molar-refractivity contribution in [1.82, 2.24) is 9.13 Å². The molecule has 0 fully saturated rings. The van der Waals surface area contributed by atoms with E-state index < -0.39 is 0 Å². The smallest absolute Gasteiger partial charge is 0.301 e. The summed E-state index contributed by atoms with van der Waals surface area (Å²) in [7, 11) is 1.67. The molecule has 0 aliphatic carbocycles. The second-order valence-corrected chi connectivity index (χ2v) is 3.97. The van der Waals surface area contributed by atoms with Crippen molar-refractivity contribution in [2.75, 3.05) is 0 Å². The Balaban J connectivity index is 3.38. The monoisotopic (exact) mass is 196 g/mol. The molecule has 14 heavy (non-hydrogen) atoms. The van der Waals surface area contributed by atoms with Gasteiger partial charge in [-0.2, -0.15) is 0 Å². The van der Waals surface area contributed by atoms with E-state index in [1.807, 2.05) is 13.8 Å². The van der Waals surface area contributed by atoms with Gasteiger partial charge in [-0.15, -0.1) is 0 Å². The van der Waals surface area contributed by atoms with Gasteiger partial charge < -0.3 is 4.57 Å². The molecule has 0 aromatic carbocycles. The van der Waals surface area contributed by atoms with Crippen molar-refractivity contribution in [3.8, 4) is 0 Å². The largest absolute Gasteiger partial charge is 0.330 e. The maximum absolute atomic E-state index is 11.7. The van der Waals surface area contributed by atoms with Crippen molar-refractivity contribution >= 4 is 0 Å². The summed E-state index contributed by atoms with van der Waals surface area (Å²) in [5, 5.41) is 0. The minimum absolute atomic E-state index is 0.209. The Hall–Kier alpha value is -1.32. The van der Waals surface area contributed by atoms with Gasteiger partial charge in [0.15, 0.2) is 0 Å². The van der Waals surface area contributed by atoms with Gasteiger partial charge in [0.1, 0.15) is 0 Å². The molecule has 0 radical (unpaired) electrons. The van der Waals surface area contributed by atoms with Crippen LogP contribution in [0.4, 0.5) is 0 Å². The lowest BCUT2D eigenvalue weighted by Crippen LogP contribution is -2.40. The first-order chi connectivity index (χ1) is 6.43. The second-order valence-electron chi connectivity index (χ2n) is 3.97. The van der Waals surface area contributed by atoms with Gasteiger partial charge in [0.25, 0.3) is 5.56 Å². The van der Waals surface area contributed by atoms with E-state index in [1.165, 1.54) is 15.2 Å². The number of hydrogen-bond acceptors (Lipinski definition) is 2. The van der Waals surface area contributed by atoms with Gasteiger partial charge in [0.2, 0.25) is 0 Å². The standard InChI is InChI=1S/C10H16N2O2/c1-7(2)6-12-9(13)5-8(3)11(4)10(12)14/h5,7H,6H2,1-4H3. The molecular formula is C10H16N2O2. The molecular weight excluding hydrogens is 180 g/mol. The van der Waals surface area contributed by atoms with Crippen LogP contribution >= 0.6 is 0 Å². The summed E-state index contributed by atoms with van der Waals surface area (Å²) in [4.78, 5) is 23.2. The van der Waals surface area contributed by atoms with Crippen LogP contribution in [0.2, 0.25) is 0 Å². The Kier molecular flexibility index (Phi) is 2.93. The summed E-state index contributed by atoms with van der Waals surface area (Å²) < 4.78 is 2.77. The van der Waals surface area contributed by atoms with E-state index in [-0.39, 0.29) is 11.2 Å². The minimum Gasteiger partial charge on any atom is -0.301 e. The maximum atomic E-state index is 11.7. The Bertz CT molecular complexity index is 440. The van der Waals surface area contributed by atoms with Crippen molar-refractivity contribution in [2.24, 2.45) is 13.0 Å². The number of aromatic nitrogens is 2. The van der Waals surface area contributed by atoms with Crippen LogP contribution in [0.25, 0.3) is 0 Å². The normalized spacial score (nSPS) is 10.9. The quantitative estimate of drug-likeness (QED) is 0.691. The minimum atomic E-state index is -0.233. The zero-order chi connectivity index (χ0) is 10.9. The molecule has 1 aromatic heterocycles. The number of nitrogens with zero attached hydrogens (tertiary/aromatic N) is 2. The predicted octanol–water partition coefficient (Wildman–Crippen LogP) is 0.511. The van der Waals surface area contributed by atoms with Crippen LogP contribution in [0, 0.1) is 12.8 Å². The van der Waals surface area contributed by atoms with Crippen molar-refractivity contribution < 1.29 is 0 Å². The first kappa shape index (κ1) is 10.8. The summed E-state index contributed by atoms with van der Waals surface area (Å²) in [6, 6.07) is 1.49. The summed E-state index contributed by atoms with van der Waals surface area (Å²) in [6.45, 7) is 6.19. The van der Waals surface area contributed by atoms with E-state index >= 15 is 0 Å². The van der Waals surface area contributed by atoms with E-state index in [0.717, 1.165) is 0 Å². The van der Waals surface area contributed by atoms with Gasteiger partial charge in [0, 0.05) is 25.4 Å². The van der Waals surface area contributed by atoms with E-state index in [1.54, 1.807) is 14.0 Å². The van der Waals surface area contributed by atoms with Crippen molar-refractivity contribution in [1.29, 1.82) is 0 Å². The molecule has 0 saturated carbocycles. The second kappa shape index (κ2) is 3.82. The van der Waals surface area contributed by atoms with Crippen LogP contribution in [0.5, 0.6) is 0 Å². The number of rotatable bonds is 2. The van der Waals surface area contributed by atoms with E-state index in [9.17, 15) is 9.59 Å².